The molecule has 0 aromatic heterocycles. The van der Waals surface area contributed by atoms with Gasteiger partial charge < -0.3 is 43.2 Å². The molecule has 0 saturated heterocycles. The molecule has 2 unspecified atom stereocenters. The largest absolute Gasteiger partial charge is 0.480 e. The van der Waals surface area contributed by atoms with Crippen LogP contribution in [0.25, 0.3) is 0 Å². The molecular weight excluding hydrogens is 412 g/mol. The number of guanidine groups is 1. The van der Waals surface area contributed by atoms with E-state index in [1.807, 2.05) is 0 Å². The fourth-order valence-electron chi connectivity index (χ4n) is 1.80. The molecular formula is C18H36N6O7. The number of esters is 1. The van der Waals surface area contributed by atoms with Crippen molar-refractivity contribution in [3.63, 3.8) is 0 Å². The van der Waals surface area contributed by atoms with Gasteiger partial charge in [-0.2, -0.15) is 0 Å². The molecule has 0 fully saturated rings. The van der Waals surface area contributed by atoms with Gasteiger partial charge in [0.2, 0.25) is 0 Å². The molecule has 0 bridgehead atoms. The van der Waals surface area contributed by atoms with Crippen LogP contribution in [0, 0.1) is 5.41 Å². The van der Waals surface area contributed by atoms with Gasteiger partial charge in [-0.25, -0.2) is 9.59 Å². The topological polar surface area (TPSA) is 246 Å². The van der Waals surface area contributed by atoms with Gasteiger partial charge >= 0.3 is 24.0 Å². The highest BCUT2D eigenvalue weighted by atomic mass is 16.6. The van der Waals surface area contributed by atoms with Gasteiger partial charge in [0.05, 0.1) is 5.41 Å². The third-order valence-electron chi connectivity index (χ3n) is 3.62. The zero-order valence-corrected chi connectivity index (χ0v) is 18.3. The van der Waals surface area contributed by atoms with Crippen LogP contribution in [0.3, 0.4) is 0 Å². The number of hydrogen-bond donors (Lipinski definition) is 7. The molecule has 2 atom stereocenters. The highest BCUT2D eigenvalue weighted by Gasteiger charge is 2.28. The average Bonchev–Trinajstić information content (AvgIpc) is 2.63. The van der Waals surface area contributed by atoms with Crippen molar-refractivity contribution in [2.24, 2.45) is 33.3 Å². The van der Waals surface area contributed by atoms with E-state index in [2.05, 4.69) is 15.0 Å². The number of unbranched alkanes of at least 4 members (excludes halogenated alkanes) is 1. The quantitative estimate of drug-likeness (QED) is 0.0685. The van der Waals surface area contributed by atoms with Gasteiger partial charge in [0.25, 0.3) is 0 Å². The van der Waals surface area contributed by atoms with Crippen LogP contribution < -0.4 is 28.3 Å². The van der Waals surface area contributed by atoms with E-state index >= 15 is 0 Å². The van der Waals surface area contributed by atoms with Crippen LogP contribution >= 0.6 is 0 Å². The maximum atomic E-state index is 11.4. The highest BCUT2D eigenvalue weighted by molar-refractivity contribution is 5.89. The average molecular weight is 449 g/mol. The van der Waals surface area contributed by atoms with E-state index in [0.29, 0.717) is 38.8 Å². The monoisotopic (exact) mass is 448 g/mol. The summed E-state index contributed by atoms with van der Waals surface area (Å²) < 4.78 is 4.52. The third kappa shape index (κ3) is 17.6. The summed E-state index contributed by atoms with van der Waals surface area (Å²) in [5.74, 6) is -2.87. The SMILES string of the molecule is CC(C)(C)C(=O)OC(=O)NC(CCCCN)C(=O)O.NC(N)=NCCCC(N)C(=O)O. The lowest BCUT2D eigenvalue weighted by Gasteiger charge is -2.17. The van der Waals surface area contributed by atoms with Crippen molar-refractivity contribution >= 4 is 30.0 Å². The Morgan fingerprint density at radius 2 is 1.58 bits per heavy atom. The predicted molar refractivity (Wildman–Crippen MR) is 114 cm³/mol. The van der Waals surface area contributed by atoms with Gasteiger partial charge in [-0.15, -0.1) is 0 Å². The second kappa shape index (κ2) is 15.8. The molecule has 13 nitrogen and oxygen atoms in total. The molecule has 0 saturated carbocycles. The number of nitrogens with one attached hydrogen (secondary N) is 1. The maximum absolute atomic E-state index is 11.4. The fraction of sp³-hybridized carbons (Fsp3) is 0.722. The van der Waals surface area contributed by atoms with Crippen molar-refractivity contribution in [3.05, 3.63) is 0 Å². The minimum atomic E-state index is -1.17. The van der Waals surface area contributed by atoms with Crippen LogP contribution in [0.2, 0.25) is 0 Å². The molecule has 0 aliphatic rings. The number of amides is 1. The molecule has 0 heterocycles. The zero-order valence-electron chi connectivity index (χ0n) is 18.3. The molecule has 1 amide bonds. The Bertz CT molecular complexity index is 615. The van der Waals surface area contributed by atoms with Crippen molar-refractivity contribution in [3.8, 4) is 0 Å². The Labute approximate surface area is 181 Å². The van der Waals surface area contributed by atoms with Crippen LogP contribution in [0.5, 0.6) is 0 Å². The first-order valence-electron chi connectivity index (χ1n) is 9.71. The number of carbonyl (C=O) groups is 4. The van der Waals surface area contributed by atoms with Crippen LogP contribution in [0.15, 0.2) is 4.99 Å². The standard InChI is InChI=1S/C12H22N2O5.C6H14N4O2/c1-12(2,3)10(17)19-11(18)14-8(9(15)16)6-4-5-7-13;7-4(5(11)12)2-1-3-10-6(8)9/h8H,4-7,13H2,1-3H3,(H,14,18)(H,15,16);4H,1-3,7H2,(H,11,12)(H4,8,9,10). The number of alkyl carbamates (subject to hydrolysis) is 1. The molecule has 31 heavy (non-hydrogen) atoms. The summed E-state index contributed by atoms with van der Waals surface area (Å²) in [5.41, 5.74) is 19.8. The lowest BCUT2D eigenvalue weighted by molar-refractivity contribution is -0.147. The van der Waals surface area contributed by atoms with E-state index < -0.39 is 41.5 Å². The Hall–Kier alpha value is -2.93. The molecule has 0 aliphatic carbocycles. The maximum Gasteiger partial charge on any atom is 0.415 e. The number of nitrogens with zero attached hydrogens (tertiary/aromatic N) is 1. The lowest BCUT2D eigenvalue weighted by Crippen LogP contribution is -2.43. The smallest absolute Gasteiger partial charge is 0.415 e. The lowest BCUT2D eigenvalue weighted by atomic mass is 9.97. The number of hydrogen-bond acceptors (Lipinski definition) is 8. The van der Waals surface area contributed by atoms with Gasteiger partial charge in [-0.05, 0) is 59.4 Å². The minimum absolute atomic E-state index is 0.0129. The van der Waals surface area contributed by atoms with Crippen molar-refractivity contribution in [1.82, 2.24) is 5.32 Å². The number of nitrogens with two attached hydrogens (primary N) is 4. The Morgan fingerprint density at radius 3 is 2.00 bits per heavy atom. The molecule has 0 rings (SSSR count). The summed E-state index contributed by atoms with van der Waals surface area (Å²) in [5, 5.41) is 19.5. The van der Waals surface area contributed by atoms with Crippen molar-refractivity contribution in [1.29, 1.82) is 0 Å². The summed E-state index contributed by atoms with van der Waals surface area (Å²) >= 11 is 0. The first-order chi connectivity index (χ1) is 14.2. The van der Waals surface area contributed by atoms with Crippen LogP contribution in [-0.4, -0.2) is 65.3 Å². The number of carboxylic acid groups (broad SMARTS) is 2. The molecule has 11 N–H and O–H groups in total. The third-order valence-corrected chi connectivity index (χ3v) is 3.62. The molecule has 0 radical (unpaired) electrons. The summed E-state index contributed by atoms with van der Waals surface area (Å²) in [4.78, 5) is 47.7. The van der Waals surface area contributed by atoms with Crippen LogP contribution in [0.1, 0.15) is 52.9 Å². The number of rotatable bonds is 11. The molecule has 0 aromatic carbocycles. The van der Waals surface area contributed by atoms with Gasteiger partial charge in [0.1, 0.15) is 12.1 Å². The van der Waals surface area contributed by atoms with Crippen molar-refractivity contribution in [2.45, 2.75) is 65.0 Å². The Morgan fingerprint density at radius 1 is 1.00 bits per heavy atom. The van der Waals surface area contributed by atoms with E-state index in [0.717, 1.165) is 0 Å². The zero-order chi connectivity index (χ0) is 24.6. The summed E-state index contributed by atoms with van der Waals surface area (Å²) in [6, 6.07) is -1.90. The van der Waals surface area contributed by atoms with E-state index in [1.165, 1.54) is 0 Å². The second-order valence-electron chi connectivity index (χ2n) is 7.64. The molecule has 0 aromatic rings. The van der Waals surface area contributed by atoms with Gasteiger partial charge in [-0.1, -0.05) is 0 Å². The van der Waals surface area contributed by atoms with E-state index in [1.54, 1.807) is 20.8 Å². The van der Waals surface area contributed by atoms with Crippen molar-refractivity contribution in [2.75, 3.05) is 13.1 Å². The molecule has 0 aliphatic heterocycles. The fourth-order valence-corrected chi connectivity index (χ4v) is 1.80. The van der Waals surface area contributed by atoms with E-state index in [-0.39, 0.29) is 12.4 Å². The Balaban J connectivity index is 0. The first-order valence-corrected chi connectivity index (χ1v) is 9.71. The first kappa shape index (κ1) is 30.3. The molecule has 180 valence electrons. The van der Waals surface area contributed by atoms with Crippen molar-refractivity contribution < 1.29 is 34.1 Å². The van der Waals surface area contributed by atoms with Crippen LogP contribution in [-0.2, 0) is 19.1 Å². The summed E-state index contributed by atoms with van der Waals surface area (Å²) in [7, 11) is 0. The number of carbonyl (C=O) groups excluding carboxylic acids is 2. The van der Waals surface area contributed by atoms with Gasteiger partial charge in [0, 0.05) is 6.54 Å². The van der Waals surface area contributed by atoms with Gasteiger partial charge in [-0.3, -0.25) is 14.6 Å². The predicted octanol–water partition coefficient (Wildman–Crippen LogP) is -0.681. The highest BCUT2D eigenvalue weighted by Crippen LogP contribution is 2.15. The number of aliphatic imine (C=N–C) groups is 1. The number of carboxylic acids is 2. The van der Waals surface area contributed by atoms with E-state index in [4.69, 9.17) is 33.1 Å². The Kier molecular flexibility index (Phi) is 15.5. The number of ether oxygens (including phenoxy) is 1. The summed E-state index contributed by atoms with van der Waals surface area (Å²) in [6.45, 7) is 5.66. The van der Waals surface area contributed by atoms with Gasteiger partial charge in [0.15, 0.2) is 5.96 Å². The van der Waals surface area contributed by atoms with E-state index in [9.17, 15) is 19.2 Å². The minimum Gasteiger partial charge on any atom is -0.480 e. The molecule has 0 spiro atoms. The summed E-state index contributed by atoms with van der Waals surface area (Å²) in [6.07, 6.45) is 1.39. The number of aliphatic carboxylic acids is 2. The second-order valence-corrected chi connectivity index (χ2v) is 7.64. The molecule has 13 heteroatoms. The normalized spacial score (nSPS) is 12.4. The van der Waals surface area contributed by atoms with Crippen LogP contribution in [0.4, 0.5) is 4.79 Å².